The number of carbonyl (C=O) groups is 1. The van der Waals surface area contributed by atoms with E-state index in [2.05, 4.69) is 10.2 Å². The van der Waals surface area contributed by atoms with E-state index in [1.165, 1.54) is 6.92 Å². The third-order valence-corrected chi connectivity index (χ3v) is 3.94. The average molecular weight is 295 g/mol. The van der Waals surface area contributed by atoms with Crippen molar-refractivity contribution in [3.63, 3.8) is 0 Å². The number of H-pyrrole nitrogens is 1. The van der Waals surface area contributed by atoms with E-state index >= 15 is 0 Å². The fraction of sp³-hybridized carbons (Fsp3) is 0.556. The maximum Gasteiger partial charge on any atom is 0.360 e. The minimum absolute atomic E-state index is 0.194. The largest absolute Gasteiger partial charge is 0.455 e. The molecule has 9 heteroatoms. The van der Waals surface area contributed by atoms with Crippen LogP contribution in [-0.4, -0.2) is 43.9 Å². The molecule has 1 fully saturated rings. The Labute approximate surface area is 108 Å². The number of rotatable bonds is 3. The Morgan fingerprint density at radius 3 is 2.89 bits per heavy atom. The van der Waals surface area contributed by atoms with E-state index in [9.17, 15) is 13.2 Å². The molecule has 7 nitrogen and oxygen atoms in total. The zero-order chi connectivity index (χ0) is 13.3. The summed E-state index contributed by atoms with van der Waals surface area (Å²) in [4.78, 5) is 11.5. The number of nitrogens with one attached hydrogen (secondary N) is 1. The first-order valence-electron chi connectivity index (χ1n) is 5.18. The van der Waals surface area contributed by atoms with Gasteiger partial charge >= 0.3 is 5.97 Å². The van der Waals surface area contributed by atoms with Crippen molar-refractivity contribution in [2.45, 2.75) is 24.3 Å². The van der Waals surface area contributed by atoms with Crippen LogP contribution in [0.25, 0.3) is 0 Å². The van der Waals surface area contributed by atoms with Gasteiger partial charge in [-0.15, -0.1) is 0 Å². The maximum atomic E-state index is 11.8. The van der Waals surface area contributed by atoms with Crippen LogP contribution >= 0.6 is 10.7 Å². The van der Waals surface area contributed by atoms with E-state index in [1.54, 1.807) is 0 Å². The molecule has 1 unspecified atom stereocenters. The number of aryl methyl sites for hydroxylation is 1. The van der Waals surface area contributed by atoms with Gasteiger partial charge in [0.2, 0.25) is 0 Å². The molecule has 0 spiro atoms. The number of aromatic amines is 1. The first-order chi connectivity index (χ1) is 8.39. The second-order valence-electron chi connectivity index (χ2n) is 3.86. The number of hydrogen-bond acceptors (Lipinski definition) is 6. The van der Waals surface area contributed by atoms with Crippen LogP contribution in [0.2, 0.25) is 0 Å². The predicted octanol–water partition coefficient (Wildman–Crippen LogP) is 0.591. The number of hydrogen-bond donors (Lipinski definition) is 1. The van der Waals surface area contributed by atoms with Gasteiger partial charge in [-0.1, -0.05) is 0 Å². The van der Waals surface area contributed by atoms with Crippen LogP contribution in [0.1, 0.15) is 22.6 Å². The fourth-order valence-corrected chi connectivity index (χ4v) is 3.01. The highest BCUT2D eigenvalue weighted by atomic mass is 35.7. The van der Waals surface area contributed by atoms with Crippen molar-refractivity contribution in [1.82, 2.24) is 10.2 Å². The molecule has 0 bridgehead atoms. The van der Waals surface area contributed by atoms with Crippen LogP contribution in [0, 0.1) is 6.92 Å². The van der Waals surface area contributed by atoms with Crippen molar-refractivity contribution in [3.05, 3.63) is 11.4 Å². The van der Waals surface area contributed by atoms with Gasteiger partial charge in [0.15, 0.2) is 5.69 Å². The van der Waals surface area contributed by atoms with Crippen molar-refractivity contribution in [2.75, 3.05) is 13.2 Å². The Kier molecular flexibility index (Phi) is 3.60. The van der Waals surface area contributed by atoms with Crippen molar-refractivity contribution >= 4 is 25.7 Å². The van der Waals surface area contributed by atoms with Crippen molar-refractivity contribution in [1.29, 1.82) is 0 Å². The van der Waals surface area contributed by atoms with Crippen LogP contribution in [-0.2, 0) is 18.5 Å². The Bertz CT molecular complexity index is 562. The summed E-state index contributed by atoms with van der Waals surface area (Å²) in [6.45, 7) is 2.27. The molecular weight excluding hydrogens is 284 g/mol. The summed E-state index contributed by atoms with van der Waals surface area (Å²) in [5, 5.41) is 6.02. The zero-order valence-electron chi connectivity index (χ0n) is 9.47. The topological polar surface area (TPSA) is 98.3 Å². The molecule has 2 heterocycles. The maximum absolute atomic E-state index is 11.8. The average Bonchev–Trinajstić information content (AvgIpc) is 2.85. The molecule has 0 aliphatic carbocycles. The monoisotopic (exact) mass is 294 g/mol. The molecule has 18 heavy (non-hydrogen) atoms. The van der Waals surface area contributed by atoms with Gasteiger partial charge in [-0.2, -0.15) is 5.10 Å². The molecule has 0 saturated carbocycles. The highest BCUT2D eigenvalue weighted by molar-refractivity contribution is 8.13. The van der Waals surface area contributed by atoms with Gasteiger partial charge in [-0.3, -0.25) is 5.10 Å². The predicted molar refractivity (Wildman–Crippen MR) is 61.0 cm³/mol. The number of esters is 1. The van der Waals surface area contributed by atoms with Gasteiger partial charge < -0.3 is 9.47 Å². The van der Waals surface area contributed by atoms with Crippen LogP contribution in [0.3, 0.4) is 0 Å². The van der Waals surface area contributed by atoms with Crippen molar-refractivity contribution < 1.29 is 22.7 Å². The Balaban J connectivity index is 2.25. The molecule has 1 aromatic rings. The second kappa shape index (κ2) is 4.87. The Hall–Kier alpha value is -1.12. The molecule has 0 aromatic carbocycles. The van der Waals surface area contributed by atoms with Gasteiger partial charge in [-0.05, 0) is 6.92 Å². The number of nitrogens with zero attached hydrogens (tertiary/aromatic N) is 1. The SMILES string of the molecule is Cc1[nH]nc(C(=O)OC2CCOC2)c1S(=O)(=O)Cl. The minimum Gasteiger partial charge on any atom is -0.455 e. The second-order valence-corrected chi connectivity index (χ2v) is 6.36. The molecule has 1 aliphatic heterocycles. The summed E-state index contributed by atoms with van der Waals surface area (Å²) >= 11 is 0. The lowest BCUT2D eigenvalue weighted by Crippen LogP contribution is -2.19. The molecule has 1 aliphatic rings. The molecular formula is C9H11ClN2O5S. The quantitative estimate of drug-likeness (QED) is 0.647. The third kappa shape index (κ3) is 2.65. The normalized spacial score (nSPS) is 20.0. The molecule has 1 N–H and O–H groups in total. The smallest absolute Gasteiger partial charge is 0.360 e. The highest BCUT2D eigenvalue weighted by Crippen LogP contribution is 2.23. The molecule has 100 valence electrons. The van der Waals surface area contributed by atoms with E-state index in [-0.39, 0.29) is 22.4 Å². The van der Waals surface area contributed by atoms with Gasteiger partial charge in [0.05, 0.1) is 18.9 Å². The zero-order valence-corrected chi connectivity index (χ0v) is 11.0. The number of aromatic nitrogens is 2. The van der Waals surface area contributed by atoms with Crippen molar-refractivity contribution in [2.24, 2.45) is 0 Å². The van der Waals surface area contributed by atoms with Crippen molar-refractivity contribution in [3.8, 4) is 0 Å². The molecule has 1 aromatic heterocycles. The van der Waals surface area contributed by atoms with Gasteiger partial charge in [0.25, 0.3) is 9.05 Å². The lowest BCUT2D eigenvalue weighted by molar-refractivity contribution is 0.0259. The van der Waals surface area contributed by atoms with Crippen LogP contribution in [0.15, 0.2) is 4.90 Å². The third-order valence-electron chi connectivity index (χ3n) is 2.49. The lowest BCUT2D eigenvalue weighted by atomic mass is 10.3. The molecule has 2 rings (SSSR count). The minimum atomic E-state index is -4.05. The summed E-state index contributed by atoms with van der Waals surface area (Å²) in [6.07, 6.45) is 0.207. The first kappa shape index (κ1) is 13.3. The van der Waals surface area contributed by atoms with E-state index in [0.717, 1.165) is 0 Å². The first-order valence-corrected chi connectivity index (χ1v) is 7.49. The fourth-order valence-electron chi connectivity index (χ4n) is 1.67. The lowest BCUT2D eigenvalue weighted by Gasteiger charge is -2.08. The number of halogens is 1. The van der Waals surface area contributed by atoms with Gasteiger partial charge in [0, 0.05) is 17.1 Å². The van der Waals surface area contributed by atoms with Gasteiger partial charge in [-0.25, -0.2) is 13.2 Å². The summed E-state index contributed by atoms with van der Waals surface area (Å²) < 4.78 is 32.8. The molecule has 1 atom stereocenters. The van der Waals surface area contributed by atoms with Gasteiger partial charge in [0.1, 0.15) is 11.0 Å². The highest BCUT2D eigenvalue weighted by Gasteiger charge is 2.30. The molecule has 0 radical (unpaired) electrons. The number of carbonyl (C=O) groups excluding carboxylic acids is 1. The molecule has 1 saturated heterocycles. The van der Waals surface area contributed by atoms with E-state index in [0.29, 0.717) is 19.6 Å². The summed E-state index contributed by atoms with van der Waals surface area (Å²) in [5.41, 5.74) is -0.131. The van der Waals surface area contributed by atoms with Crippen LogP contribution in [0.5, 0.6) is 0 Å². The van der Waals surface area contributed by atoms with Crippen LogP contribution < -0.4 is 0 Å². The molecule has 0 amide bonds. The van der Waals surface area contributed by atoms with E-state index < -0.39 is 15.0 Å². The Morgan fingerprint density at radius 1 is 1.61 bits per heavy atom. The summed E-state index contributed by atoms with van der Waals surface area (Å²) in [7, 11) is 1.20. The Morgan fingerprint density at radius 2 is 2.33 bits per heavy atom. The standard InChI is InChI=1S/C9H11ClN2O5S/c1-5-8(18(10,14)15)7(12-11-5)9(13)17-6-2-3-16-4-6/h6H,2-4H2,1H3,(H,11,12). The summed E-state index contributed by atoms with van der Waals surface area (Å²) in [6, 6.07) is 0. The number of ether oxygens (including phenoxy) is 2. The van der Waals surface area contributed by atoms with Crippen LogP contribution in [0.4, 0.5) is 0 Å². The van der Waals surface area contributed by atoms with E-state index in [4.69, 9.17) is 20.2 Å². The summed E-state index contributed by atoms with van der Waals surface area (Å²) in [5.74, 6) is -0.825. The van der Waals surface area contributed by atoms with E-state index in [1.807, 2.05) is 0 Å².